The molecular formula is C14H19N3OS. The fourth-order valence-electron chi connectivity index (χ4n) is 1.95. The van der Waals surface area contributed by atoms with Gasteiger partial charge < -0.3 is 16.4 Å². The van der Waals surface area contributed by atoms with E-state index < -0.39 is 0 Å². The number of nitrogens with two attached hydrogens (primary N) is 1. The van der Waals surface area contributed by atoms with Gasteiger partial charge in [-0.05, 0) is 39.1 Å². The van der Waals surface area contributed by atoms with E-state index in [1.54, 1.807) is 0 Å². The molecule has 0 unspecified atom stereocenters. The normalized spacial score (nSPS) is 10.8. The molecule has 0 saturated carbocycles. The summed E-state index contributed by atoms with van der Waals surface area (Å²) in [5, 5.41) is 6.93. The summed E-state index contributed by atoms with van der Waals surface area (Å²) in [6.45, 7) is 3.57. The summed E-state index contributed by atoms with van der Waals surface area (Å²) in [6.07, 6.45) is 0.909. The second-order valence-electron chi connectivity index (χ2n) is 4.56. The first kappa shape index (κ1) is 13.8. The van der Waals surface area contributed by atoms with Crippen LogP contribution in [0, 0.1) is 6.92 Å². The Morgan fingerprint density at radius 3 is 2.89 bits per heavy atom. The number of anilines is 1. The average Bonchev–Trinajstić information content (AvgIpc) is 2.72. The maximum absolute atomic E-state index is 12.1. The van der Waals surface area contributed by atoms with Crippen LogP contribution in [0.15, 0.2) is 18.2 Å². The highest BCUT2D eigenvalue weighted by molar-refractivity contribution is 7.21. The third-order valence-corrected chi connectivity index (χ3v) is 4.16. The number of fused-ring (bicyclic) bond motifs is 1. The summed E-state index contributed by atoms with van der Waals surface area (Å²) >= 11 is 1.45. The Balaban J connectivity index is 2.16. The van der Waals surface area contributed by atoms with Gasteiger partial charge >= 0.3 is 0 Å². The summed E-state index contributed by atoms with van der Waals surface area (Å²) in [5.74, 6) is -0.0764. The van der Waals surface area contributed by atoms with E-state index in [2.05, 4.69) is 10.6 Å². The predicted molar refractivity (Wildman–Crippen MR) is 81.9 cm³/mol. The molecule has 0 aliphatic carbocycles. The summed E-state index contributed by atoms with van der Waals surface area (Å²) in [4.78, 5) is 12.7. The van der Waals surface area contributed by atoms with Gasteiger partial charge in [-0.25, -0.2) is 0 Å². The third kappa shape index (κ3) is 3.05. The number of carbonyl (C=O) groups excluding carboxylic acids is 1. The molecule has 2 rings (SSSR count). The molecule has 0 bridgehead atoms. The number of hydrogen-bond donors (Lipinski definition) is 3. The minimum atomic E-state index is -0.0764. The van der Waals surface area contributed by atoms with Crippen molar-refractivity contribution in [2.24, 2.45) is 0 Å². The molecule has 19 heavy (non-hydrogen) atoms. The Kier molecular flexibility index (Phi) is 4.39. The number of rotatable bonds is 5. The molecule has 4 N–H and O–H groups in total. The lowest BCUT2D eigenvalue weighted by molar-refractivity contribution is 0.0958. The molecule has 1 aromatic carbocycles. The topological polar surface area (TPSA) is 67.1 Å². The van der Waals surface area contributed by atoms with E-state index >= 15 is 0 Å². The van der Waals surface area contributed by atoms with Crippen LogP contribution in [-0.2, 0) is 0 Å². The first-order chi connectivity index (χ1) is 9.13. The minimum Gasteiger partial charge on any atom is -0.397 e. The molecule has 1 amide bonds. The van der Waals surface area contributed by atoms with Gasteiger partial charge in [-0.3, -0.25) is 4.79 Å². The molecule has 0 atom stereocenters. The van der Waals surface area contributed by atoms with E-state index in [0.29, 0.717) is 17.1 Å². The van der Waals surface area contributed by atoms with E-state index in [0.717, 1.165) is 28.6 Å². The molecule has 0 fully saturated rings. The van der Waals surface area contributed by atoms with Gasteiger partial charge in [0.2, 0.25) is 0 Å². The van der Waals surface area contributed by atoms with Crippen LogP contribution in [0.1, 0.15) is 21.7 Å². The summed E-state index contributed by atoms with van der Waals surface area (Å²) in [6, 6.07) is 6.08. The molecule has 1 heterocycles. The fourth-order valence-corrected chi connectivity index (χ4v) is 2.97. The van der Waals surface area contributed by atoms with E-state index in [9.17, 15) is 4.79 Å². The first-order valence-electron chi connectivity index (χ1n) is 6.35. The van der Waals surface area contributed by atoms with E-state index in [1.165, 1.54) is 11.3 Å². The number of benzene rings is 1. The molecule has 102 valence electrons. The highest BCUT2D eigenvalue weighted by atomic mass is 32.1. The number of amides is 1. The third-order valence-electron chi connectivity index (χ3n) is 2.98. The van der Waals surface area contributed by atoms with Gasteiger partial charge in [-0.1, -0.05) is 11.6 Å². The van der Waals surface area contributed by atoms with Crippen LogP contribution >= 0.6 is 11.3 Å². The van der Waals surface area contributed by atoms with Gasteiger partial charge in [0.1, 0.15) is 4.88 Å². The van der Waals surface area contributed by atoms with Gasteiger partial charge in [0.05, 0.1) is 5.69 Å². The molecular weight excluding hydrogens is 258 g/mol. The van der Waals surface area contributed by atoms with Crippen LogP contribution in [0.5, 0.6) is 0 Å². The smallest absolute Gasteiger partial charge is 0.263 e. The van der Waals surface area contributed by atoms with Crippen LogP contribution in [0.2, 0.25) is 0 Å². The van der Waals surface area contributed by atoms with Crippen molar-refractivity contribution in [3.05, 3.63) is 28.6 Å². The van der Waals surface area contributed by atoms with Crippen LogP contribution in [0.3, 0.4) is 0 Å². The number of nitrogen functional groups attached to an aromatic ring is 1. The van der Waals surface area contributed by atoms with Crippen molar-refractivity contribution in [3.8, 4) is 0 Å². The van der Waals surface area contributed by atoms with E-state index in [4.69, 9.17) is 5.73 Å². The molecule has 1 aromatic heterocycles. The van der Waals surface area contributed by atoms with Gasteiger partial charge in [0.25, 0.3) is 5.91 Å². The van der Waals surface area contributed by atoms with Crippen molar-refractivity contribution in [2.45, 2.75) is 13.3 Å². The molecule has 0 saturated heterocycles. The molecule has 2 aromatic rings. The van der Waals surface area contributed by atoms with Gasteiger partial charge in [-0.15, -0.1) is 11.3 Å². The Morgan fingerprint density at radius 1 is 1.37 bits per heavy atom. The number of hydrogen-bond acceptors (Lipinski definition) is 4. The van der Waals surface area contributed by atoms with Crippen molar-refractivity contribution < 1.29 is 4.79 Å². The first-order valence-corrected chi connectivity index (χ1v) is 7.16. The van der Waals surface area contributed by atoms with Crippen LogP contribution in [0.25, 0.3) is 10.1 Å². The maximum Gasteiger partial charge on any atom is 0.263 e. The largest absolute Gasteiger partial charge is 0.397 e. The summed E-state index contributed by atoms with van der Waals surface area (Å²) in [7, 11) is 1.90. The Bertz CT molecular complexity index is 592. The Hall–Kier alpha value is -1.59. The lowest BCUT2D eigenvalue weighted by Gasteiger charge is -2.03. The SMILES string of the molecule is CNCCCNC(=O)c1sc2ccc(C)cc2c1N. The molecule has 0 aliphatic rings. The quantitative estimate of drug-likeness (QED) is 0.733. The van der Waals surface area contributed by atoms with Crippen molar-refractivity contribution in [1.29, 1.82) is 0 Å². The van der Waals surface area contributed by atoms with E-state index in [-0.39, 0.29) is 5.91 Å². The Morgan fingerprint density at radius 2 is 2.16 bits per heavy atom. The predicted octanol–water partition coefficient (Wildman–Crippen LogP) is 2.13. The van der Waals surface area contributed by atoms with Crippen LogP contribution in [-0.4, -0.2) is 26.0 Å². The fraction of sp³-hybridized carbons (Fsp3) is 0.357. The zero-order valence-electron chi connectivity index (χ0n) is 11.2. The highest BCUT2D eigenvalue weighted by Crippen LogP contribution is 2.34. The maximum atomic E-state index is 12.1. The van der Waals surface area contributed by atoms with Crippen molar-refractivity contribution >= 4 is 33.0 Å². The van der Waals surface area contributed by atoms with Crippen LogP contribution < -0.4 is 16.4 Å². The summed E-state index contributed by atoms with van der Waals surface area (Å²) in [5.41, 5.74) is 7.82. The van der Waals surface area contributed by atoms with Crippen molar-refractivity contribution in [3.63, 3.8) is 0 Å². The molecule has 0 aliphatic heterocycles. The van der Waals surface area contributed by atoms with Gasteiger partial charge in [0.15, 0.2) is 0 Å². The second kappa shape index (κ2) is 6.04. The number of aryl methyl sites for hydroxylation is 1. The molecule has 4 nitrogen and oxygen atoms in total. The zero-order valence-corrected chi connectivity index (χ0v) is 12.1. The van der Waals surface area contributed by atoms with Gasteiger partial charge in [0, 0.05) is 16.6 Å². The average molecular weight is 277 g/mol. The molecule has 0 spiro atoms. The van der Waals surface area contributed by atoms with E-state index in [1.807, 2.05) is 32.2 Å². The molecule has 5 heteroatoms. The number of nitrogens with one attached hydrogen (secondary N) is 2. The van der Waals surface area contributed by atoms with Crippen LogP contribution in [0.4, 0.5) is 5.69 Å². The van der Waals surface area contributed by atoms with Crippen molar-refractivity contribution in [1.82, 2.24) is 10.6 Å². The van der Waals surface area contributed by atoms with Crippen molar-refractivity contribution in [2.75, 3.05) is 25.9 Å². The minimum absolute atomic E-state index is 0.0764. The summed E-state index contributed by atoms with van der Waals surface area (Å²) < 4.78 is 1.06. The number of carbonyl (C=O) groups is 1. The standard InChI is InChI=1S/C14H19N3OS/c1-9-4-5-11-10(8-9)12(15)13(19-11)14(18)17-7-3-6-16-2/h4-5,8,16H,3,6-7,15H2,1-2H3,(H,17,18). The monoisotopic (exact) mass is 277 g/mol. The lowest BCUT2D eigenvalue weighted by Crippen LogP contribution is -2.26. The Labute approximate surface area is 117 Å². The lowest BCUT2D eigenvalue weighted by atomic mass is 10.1. The zero-order chi connectivity index (χ0) is 13.8. The molecule has 0 radical (unpaired) electrons. The second-order valence-corrected chi connectivity index (χ2v) is 5.61. The number of thiophene rings is 1. The van der Waals surface area contributed by atoms with Gasteiger partial charge in [-0.2, -0.15) is 0 Å². The highest BCUT2D eigenvalue weighted by Gasteiger charge is 2.15.